The molecule has 0 radical (unpaired) electrons. The Balaban J connectivity index is 2.43. The topological polar surface area (TPSA) is 83.9 Å². The molecule has 0 saturated heterocycles. The fourth-order valence-electron chi connectivity index (χ4n) is 1.59. The fourth-order valence-corrected chi connectivity index (χ4v) is 1.80. The first-order valence-electron chi connectivity index (χ1n) is 5.14. The summed E-state index contributed by atoms with van der Waals surface area (Å²) in [5.74, 6) is 0.105. The van der Waals surface area contributed by atoms with Crippen LogP contribution in [0.4, 0.5) is 14.6 Å². The summed E-state index contributed by atoms with van der Waals surface area (Å²) in [7, 11) is 0. The predicted molar refractivity (Wildman–Crippen MR) is 68.7 cm³/mol. The zero-order valence-electron chi connectivity index (χ0n) is 9.44. The van der Waals surface area contributed by atoms with Crippen LogP contribution in [-0.4, -0.2) is 16.6 Å². The van der Waals surface area contributed by atoms with Crippen LogP contribution in [0.25, 0.3) is 11.1 Å². The monoisotopic (exact) mass is 285 g/mol. The lowest BCUT2D eigenvalue weighted by molar-refractivity contribution is -0.0498. The number of hydrogen-bond donors (Lipinski definition) is 3. The summed E-state index contributed by atoms with van der Waals surface area (Å²) in [6, 6.07) is 5.55. The highest BCUT2D eigenvalue weighted by atomic mass is 32.1. The van der Waals surface area contributed by atoms with Gasteiger partial charge in [-0.05, 0) is 29.9 Å². The van der Waals surface area contributed by atoms with Crippen molar-refractivity contribution in [2.24, 2.45) is 0 Å². The van der Waals surface area contributed by atoms with Gasteiger partial charge >= 0.3 is 6.61 Å². The molecular weight excluding hydrogens is 276 g/mol. The van der Waals surface area contributed by atoms with Crippen molar-refractivity contribution in [3.63, 3.8) is 0 Å². The predicted octanol–water partition coefficient (Wildman–Crippen LogP) is 2.28. The molecule has 8 heteroatoms. The molecule has 0 aliphatic carbocycles. The van der Waals surface area contributed by atoms with Gasteiger partial charge < -0.3 is 15.5 Å². The van der Waals surface area contributed by atoms with Gasteiger partial charge in [-0.1, -0.05) is 12.1 Å². The third kappa shape index (κ3) is 2.97. The first-order chi connectivity index (χ1) is 8.97. The van der Waals surface area contributed by atoms with E-state index in [2.05, 4.69) is 14.7 Å². The second-order valence-corrected chi connectivity index (χ2v) is 4.01. The lowest BCUT2D eigenvalue weighted by Gasteiger charge is -2.07. The maximum absolute atomic E-state index is 12.0. The molecule has 0 atom stereocenters. The highest BCUT2D eigenvalue weighted by molar-refractivity contribution is 7.71. The number of benzene rings is 1. The van der Waals surface area contributed by atoms with E-state index in [1.165, 1.54) is 24.3 Å². The van der Waals surface area contributed by atoms with Crippen LogP contribution in [0.1, 0.15) is 0 Å². The lowest BCUT2D eigenvalue weighted by Crippen LogP contribution is -2.13. The Morgan fingerprint density at radius 2 is 1.84 bits per heavy atom. The van der Waals surface area contributed by atoms with Crippen LogP contribution >= 0.6 is 12.2 Å². The van der Waals surface area contributed by atoms with Crippen LogP contribution in [-0.2, 0) is 0 Å². The number of aromatic nitrogens is 2. The first kappa shape index (κ1) is 13.2. The van der Waals surface area contributed by atoms with Gasteiger partial charge in [0.05, 0.1) is 5.56 Å². The minimum Gasteiger partial charge on any atom is -0.435 e. The standard InChI is InChI=1S/C11H9F2N3O2S/c12-10(13)18-6-3-1-5(2-4-6)7-8(14)15-11(19)16-9(7)17/h1-4,10H,(H4,14,15,16,17,19). The van der Waals surface area contributed by atoms with Crippen LogP contribution < -0.4 is 16.0 Å². The van der Waals surface area contributed by atoms with E-state index in [0.29, 0.717) is 5.56 Å². The van der Waals surface area contributed by atoms with Gasteiger partial charge in [0.25, 0.3) is 5.56 Å². The Morgan fingerprint density at radius 3 is 2.37 bits per heavy atom. The molecular formula is C11H9F2N3O2S. The number of nitrogens with one attached hydrogen (secondary N) is 2. The largest absolute Gasteiger partial charge is 0.435 e. The van der Waals surface area contributed by atoms with E-state index in [9.17, 15) is 13.6 Å². The highest BCUT2D eigenvalue weighted by Crippen LogP contribution is 2.23. The zero-order chi connectivity index (χ0) is 14.0. The molecule has 1 heterocycles. The van der Waals surface area contributed by atoms with Gasteiger partial charge in [0, 0.05) is 0 Å². The molecule has 1 aromatic heterocycles. The summed E-state index contributed by atoms with van der Waals surface area (Å²) in [5, 5.41) is 0. The molecule has 0 amide bonds. The highest BCUT2D eigenvalue weighted by Gasteiger charge is 2.10. The molecule has 0 spiro atoms. The third-order valence-corrected chi connectivity index (χ3v) is 2.54. The van der Waals surface area contributed by atoms with Gasteiger partial charge in [0.15, 0.2) is 4.77 Å². The summed E-state index contributed by atoms with van der Waals surface area (Å²) in [4.78, 5) is 16.8. The van der Waals surface area contributed by atoms with E-state index in [4.69, 9.17) is 18.0 Å². The number of anilines is 1. The Bertz CT molecular complexity index is 694. The van der Waals surface area contributed by atoms with Crippen molar-refractivity contribution in [3.05, 3.63) is 39.4 Å². The van der Waals surface area contributed by atoms with Crippen LogP contribution in [0.15, 0.2) is 29.1 Å². The number of alkyl halides is 2. The third-order valence-electron chi connectivity index (χ3n) is 2.34. The summed E-state index contributed by atoms with van der Waals surface area (Å²) in [6.07, 6.45) is 0. The van der Waals surface area contributed by atoms with Crippen molar-refractivity contribution in [2.45, 2.75) is 6.61 Å². The molecule has 100 valence electrons. The molecule has 0 fully saturated rings. The number of nitrogens with two attached hydrogens (primary N) is 1. The molecule has 0 unspecified atom stereocenters. The van der Waals surface area contributed by atoms with Gasteiger partial charge in [0.1, 0.15) is 11.6 Å². The summed E-state index contributed by atoms with van der Waals surface area (Å²) >= 11 is 4.77. The summed E-state index contributed by atoms with van der Waals surface area (Å²) in [5.41, 5.74) is 5.88. The number of halogens is 2. The summed E-state index contributed by atoms with van der Waals surface area (Å²) < 4.78 is 28.3. The molecule has 5 nitrogen and oxygen atoms in total. The molecule has 1 aromatic carbocycles. The molecule has 0 aliphatic heterocycles. The smallest absolute Gasteiger partial charge is 0.387 e. The number of hydrogen-bond acceptors (Lipinski definition) is 4. The first-order valence-corrected chi connectivity index (χ1v) is 5.55. The molecule has 0 saturated carbocycles. The average Bonchev–Trinajstić information content (AvgIpc) is 2.29. The normalized spacial score (nSPS) is 10.7. The van der Waals surface area contributed by atoms with Gasteiger partial charge in [0.2, 0.25) is 0 Å². The second kappa shape index (κ2) is 5.19. The van der Waals surface area contributed by atoms with Crippen molar-refractivity contribution < 1.29 is 13.5 Å². The van der Waals surface area contributed by atoms with E-state index < -0.39 is 12.2 Å². The minimum absolute atomic E-state index is 0.00220. The molecule has 0 aliphatic rings. The maximum Gasteiger partial charge on any atom is 0.387 e. The van der Waals surface area contributed by atoms with Crippen molar-refractivity contribution >= 4 is 18.0 Å². The Morgan fingerprint density at radius 1 is 1.21 bits per heavy atom. The van der Waals surface area contributed by atoms with E-state index in [1.807, 2.05) is 0 Å². The van der Waals surface area contributed by atoms with Gasteiger partial charge in [-0.2, -0.15) is 8.78 Å². The molecule has 19 heavy (non-hydrogen) atoms. The lowest BCUT2D eigenvalue weighted by atomic mass is 10.1. The van der Waals surface area contributed by atoms with Crippen molar-refractivity contribution in [1.82, 2.24) is 9.97 Å². The number of H-pyrrole nitrogens is 2. The molecule has 2 rings (SSSR count). The van der Waals surface area contributed by atoms with Crippen LogP contribution in [0, 0.1) is 4.77 Å². The zero-order valence-corrected chi connectivity index (χ0v) is 10.3. The quantitative estimate of drug-likeness (QED) is 0.755. The van der Waals surface area contributed by atoms with Crippen LogP contribution in [0.3, 0.4) is 0 Å². The number of ether oxygens (including phenoxy) is 1. The molecule has 2 aromatic rings. The minimum atomic E-state index is -2.90. The Hall–Kier alpha value is -2.22. The van der Waals surface area contributed by atoms with E-state index in [0.717, 1.165) is 0 Å². The van der Waals surface area contributed by atoms with Crippen molar-refractivity contribution in [3.8, 4) is 16.9 Å². The maximum atomic E-state index is 12.0. The van der Waals surface area contributed by atoms with Crippen LogP contribution in [0.5, 0.6) is 5.75 Å². The van der Waals surface area contributed by atoms with Crippen molar-refractivity contribution in [1.29, 1.82) is 0 Å². The van der Waals surface area contributed by atoms with Crippen molar-refractivity contribution in [2.75, 3.05) is 5.73 Å². The SMILES string of the molecule is Nc1[nH]c(=S)[nH]c(=O)c1-c1ccc(OC(F)F)cc1. The van der Waals surface area contributed by atoms with E-state index >= 15 is 0 Å². The van der Waals surface area contributed by atoms with E-state index in [1.54, 1.807) is 0 Å². The molecule has 4 N–H and O–H groups in total. The number of rotatable bonds is 3. The van der Waals surface area contributed by atoms with Gasteiger partial charge in [-0.25, -0.2) is 0 Å². The number of nitrogen functional groups attached to an aromatic ring is 1. The second-order valence-electron chi connectivity index (χ2n) is 3.60. The van der Waals surface area contributed by atoms with Crippen LogP contribution in [0.2, 0.25) is 0 Å². The molecule has 0 bridgehead atoms. The fraction of sp³-hybridized carbons (Fsp3) is 0.0909. The van der Waals surface area contributed by atoms with E-state index in [-0.39, 0.29) is 21.9 Å². The van der Waals surface area contributed by atoms with Gasteiger partial charge in [-0.3, -0.25) is 9.78 Å². The Labute approximate surface area is 111 Å². The Kier molecular flexibility index (Phi) is 3.61. The summed E-state index contributed by atoms with van der Waals surface area (Å²) in [6.45, 7) is -2.90. The number of aromatic amines is 2. The average molecular weight is 285 g/mol. The van der Waals surface area contributed by atoms with Gasteiger partial charge in [-0.15, -0.1) is 0 Å².